The summed E-state index contributed by atoms with van der Waals surface area (Å²) >= 11 is 0. The second-order valence-electron chi connectivity index (χ2n) is 4.32. The monoisotopic (exact) mass is 288 g/mol. The van der Waals surface area contributed by atoms with Crippen molar-refractivity contribution < 1.29 is 19.4 Å². The number of rotatable bonds is 5. The van der Waals surface area contributed by atoms with Crippen LogP contribution < -0.4 is 10.1 Å². The van der Waals surface area contributed by atoms with Gasteiger partial charge in [0, 0.05) is 12.1 Å². The number of ether oxygens (including phenoxy) is 1. The molecule has 0 aliphatic carbocycles. The Hall–Kier alpha value is -2.76. The van der Waals surface area contributed by atoms with Gasteiger partial charge in [-0.2, -0.15) is 0 Å². The zero-order valence-electron chi connectivity index (χ0n) is 11.6. The van der Waals surface area contributed by atoms with Crippen LogP contribution in [0, 0.1) is 0 Å². The van der Waals surface area contributed by atoms with Gasteiger partial charge in [0.15, 0.2) is 11.5 Å². The molecule has 0 spiro atoms. The molecule has 6 heteroatoms. The maximum atomic E-state index is 12.0. The molecule has 110 valence electrons. The van der Waals surface area contributed by atoms with Gasteiger partial charge in [0.25, 0.3) is 5.91 Å². The van der Waals surface area contributed by atoms with Crippen LogP contribution in [0.3, 0.4) is 0 Å². The van der Waals surface area contributed by atoms with E-state index in [9.17, 15) is 14.7 Å². The molecule has 21 heavy (non-hydrogen) atoms. The number of benzene rings is 1. The van der Waals surface area contributed by atoms with Crippen molar-refractivity contribution >= 4 is 18.0 Å². The molecule has 0 unspecified atom stereocenters. The van der Waals surface area contributed by atoms with Crippen LogP contribution in [0.15, 0.2) is 36.6 Å². The van der Waals surface area contributed by atoms with E-state index in [1.165, 1.54) is 12.2 Å². The second-order valence-corrected chi connectivity index (χ2v) is 4.32. The van der Waals surface area contributed by atoms with Crippen molar-refractivity contribution in [2.24, 2.45) is 0 Å². The Morgan fingerprint density at radius 2 is 2.19 bits per heavy atom. The summed E-state index contributed by atoms with van der Waals surface area (Å²) in [6, 6.07) is 4.44. The lowest BCUT2D eigenvalue weighted by atomic mass is 10.1. The summed E-state index contributed by atoms with van der Waals surface area (Å²) in [4.78, 5) is 24.7. The van der Waals surface area contributed by atoms with Gasteiger partial charge >= 0.3 is 6.03 Å². The van der Waals surface area contributed by atoms with Crippen molar-refractivity contribution in [3.8, 4) is 11.5 Å². The number of carbonyl (C=O) groups is 2. The Balaban J connectivity index is 2.32. The van der Waals surface area contributed by atoms with E-state index in [2.05, 4.69) is 11.9 Å². The highest BCUT2D eigenvalue weighted by Gasteiger charge is 2.32. The van der Waals surface area contributed by atoms with Crippen molar-refractivity contribution in [2.45, 2.75) is 6.92 Å². The Kier molecular flexibility index (Phi) is 4.27. The molecule has 0 radical (unpaired) electrons. The fraction of sp³-hybridized carbons (Fsp3) is 0.200. The number of nitrogens with zero attached hydrogens (tertiary/aromatic N) is 1. The SMILES string of the molecule is C=CCN1C(=O)N/C(=C/c2cccc(OCC)c2O)C1=O. The minimum absolute atomic E-state index is 0.0731. The average molecular weight is 288 g/mol. The predicted octanol–water partition coefficient (Wildman–Crippen LogP) is 1.87. The van der Waals surface area contributed by atoms with Gasteiger partial charge in [-0.25, -0.2) is 4.79 Å². The molecule has 1 aromatic rings. The molecule has 1 aliphatic heterocycles. The number of hydrogen-bond donors (Lipinski definition) is 2. The summed E-state index contributed by atoms with van der Waals surface area (Å²) in [6.07, 6.45) is 2.88. The van der Waals surface area contributed by atoms with Crippen LogP contribution in [-0.4, -0.2) is 35.1 Å². The largest absolute Gasteiger partial charge is 0.504 e. The standard InChI is InChI=1S/C15H16N2O4/c1-3-8-17-14(19)11(16-15(17)20)9-10-6-5-7-12(13(10)18)21-4-2/h3,5-7,9,18H,1,4,8H2,2H3,(H,16,20)/b11-9+. The van der Waals surface area contributed by atoms with Gasteiger partial charge in [-0.1, -0.05) is 18.2 Å². The number of para-hydroxylation sites is 1. The minimum atomic E-state index is -0.508. The van der Waals surface area contributed by atoms with Crippen LogP contribution in [0.1, 0.15) is 12.5 Å². The van der Waals surface area contributed by atoms with Gasteiger partial charge in [-0.05, 0) is 19.1 Å². The van der Waals surface area contributed by atoms with E-state index < -0.39 is 11.9 Å². The third-order valence-corrected chi connectivity index (χ3v) is 2.90. The molecule has 0 bridgehead atoms. The number of carbonyl (C=O) groups excluding carboxylic acids is 2. The third kappa shape index (κ3) is 2.89. The van der Waals surface area contributed by atoms with Gasteiger partial charge in [0.05, 0.1) is 6.61 Å². The molecule has 3 amide bonds. The van der Waals surface area contributed by atoms with Gasteiger partial charge in [-0.3, -0.25) is 9.69 Å². The topological polar surface area (TPSA) is 78.9 Å². The van der Waals surface area contributed by atoms with E-state index in [1.807, 2.05) is 0 Å². The number of aromatic hydroxyl groups is 1. The molecule has 1 aromatic carbocycles. The van der Waals surface area contributed by atoms with Gasteiger partial charge in [-0.15, -0.1) is 6.58 Å². The van der Waals surface area contributed by atoms with Crippen LogP contribution in [-0.2, 0) is 4.79 Å². The number of nitrogens with one attached hydrogen (secondary N) is 1. The molecule has 2 N–H and O–H groups in total. The molecule has 1 saturated heterocycles. The lowest BCUT2D eigenvalue weighted by Crippen LogP contribution is -2.30. The van der Waals surface area contributed by atoms with Crippen LogP contribution >= 0.6 is 0 Å². The fourth-order valence-corrected chi connectivity index (χ4v) is 1.95. The average Bonchev–Trinajstić information content (AvgIpc) is 2.71. The molecule has 0 saturated carbocycles. The van der Waals surface area contributed by atoms with E-state index in [4.69, 9.17) is 4.74 Å². The van der Waals surface area contributed by atoms with E-state index in [1.54, 1.807) is 25.1 Å². The van der Waals surface area contributed by atoms with Gasteiger partial charge in [0.1, 0.15) is 5.70 Å². The lowest BCUT2D eigenvalue weighted by molar-refractivity contribution is -0.122. The number of amides is 3. The summed E-state index contributed by atoms with van der Waals surface area (Å²) < 4.78 is 5.27. The van der Waals surface area contributed by atoms with Gasteiger partial charge in [0.2, 0.25) is 0 Å². The predicted molar refractivity (Wildman–Crippen MR) is 77.7 cm³/mol. The normalized spacial score (nSPS) is 16.2. The van der Waals surface area contributed by atoms with E-state index in [0.29, 0.717) is 17.9 Å². The first-order valence-electron chi connectivity index (χ1n) is 6.48. The number of phenolic OH excluding ortho intramolecular Hbond substituents is 1. The number of phenols is 1. The van der Waals surface area contributed by atoms with Crippen LogP contribution in [0.25, 0.3) is 6.08 Å². The highest BCUT2D eigenvalue weighted by Crippen LogP contribution is 2.31. The highest BCUT2D eigenvalue weighted by molar-refractivity contribution is 6.14. The van der Waals surface area contributed by atoms with Crippen molar-refractivity contribution in [2.75, 3.05) is 13.2 Å². The molecule has 0 aromatic heterocycles. The van der Waals surface area contributed by atoms with Crippen LogP contribution in [0.5, 0.6) is 11.5 Å². The molecule has 6 nitrogen and oxygen atoms in total. The molecule has 1 aliphatic rings. The van der Waals surface area contributed by atoms with Crippen LogP contribution in [0.4, 0.5) is 4.79 Å². The summed E-state index contributed by atoms with van der Waals surface area (Å²) in [6.45, 7) is 5.85. The third-order valence-electron chi connectivity index (χ3n) is 2.90. The number of urea groups is 1. The van der Waals surface area contributed by atoms with Crippen molar-refractivity contribution in [3.05, 3.63) is 42.1 Å². The van der Waals surface area contributed by atoms with Crippen molar-refractivity contribution in [1.29, 1.82) is 0 Å². The first-order chi connectivity index (χ1) is 10.1. The highest BCUT2D eigenvalue weighted by atomic mass is 16.5. The second kappa shape index (κ2) is 6.13. The van der Waals surface area contributed by atoms with E-state index in [0.717, 1.165) is 4.90 Å². The fourth-order valence-electron chi connectivity index (χ4n) is 1.95. The molecular formula is C15H16N2O4. The number of imide groups is 1. The van der Waals surface area contributed by atoms with E-state index in [-0.39, 0.29) is 18.0 Å². The summed E-state index contributed by atoms with van der Waals surface area (Å²) in [7, 11) is 0. The smallest absolute Gasteiger partial charge is 0.329 e. The molecular weight excluding hydrogens is 272 g/mol. The van der Waals surface area contributed by atoms with Gasteiger partial charge < -0.3 is 15.2 Å². The summed E-state index contributed by atoms with van der Waals surface area (Å²) in [5.74, 6) is -0.205. The summed E-state index contributed by atoms with van der Waals surface area (Å²) in [5.41, 5.74) is 0.496. The maximum absolute atomic E-state index is 12.0. The molecule has 2 rings (SSSR count). The van der Waals surface area contributed by atoms with Crippen LogP contribution in [0.2, 0.25) is 0 Å². The quantitative estimate of drug-likeness (QED) is 0.492. The Morgan fingerprint density at radius 1 is 1.43 bits per heavy atom. The zero-order valence-corrected chi connectivity index (χ0v) is 11.6. The first-order valence-corrected chi connectivity index (χ1v) is 6.48. The lowest BCUT2D eigenvalue weighted by Gasteiger charge is -2.08. The van der Waals surface area contributed by atoms with Crippen molar-refractivity contribution in [3.63, 3.8) is 0 Å². The summed E-state index contributed by atoms with van der Waals surface area (Å²) in [5, 5.41) is 12.5. The van der Waals surface area contributed by atoms with E-state index >= 15 is 0 Å². The van der Waals surface area contributed by atoms with Crippen molar-refractivity contribution in [1.82, 2.24) is 10.2 Å². The molecule has 1 heterocycles. The molecule has 1 fully saturated rings. The number of hydrogen-bond acceptors (Lipinski definition) is 4. The Bertz CT molecular complexity index is 622. The Labute approximate surface area is 122 Å². The maximum Gasteiger partial charge on any atom is 0.329 e. The zero-order chi connectivity index (χ0) is 15.4. The Morgan fingerprint density at radius 3 is 2.86 bits per heavy atom. The first kappa shape index (κ1) is 14.6. The molecule has 0 atom stereocenters. The minimum Gasteiger partial charge on any atom is -0.504 e.